The van der Waals surface area contributed by atoms with E-state index in [-0.39, 0.29) is 0 Å². The maximum Gasteiger partial charge on any atom is 0.178 e. The average molecular weight is 147 g/mol. The van der Waals surface area contributed by atoms with E-state index < -0.39 is 0 Å². The molecule has 9 heavy (non-hydrogen) atoms. The van der Waals surface area contributed by atoms with E-state index in [4.69, 9.17) is 5.73 Å². The summed E-state index contributed by atoms with van der Waals surface area (Å²) in [6, 6.07) is 0. The summed E-state index contributed by atoms with van der Waals surface area (Å²) in [5.41, 5.74) is 10.6. The van der Waals surface area contributed by atoms with Crippen LogP contribution in [0.1, 0.15) is 19.8 Å². The van der Waals surface area contributed by atoms with Crippen molar-refractivity contribution >= 4 is 17.3 Å². The number of hydrogen-bond donors (Lipinski definition) is 3. The summed E-state index contributed by atoms with van der Waals surface area (Å²) in [4.78, 5) is 0. The molecule has 0 radical (unpaired) electrons. The molecule has 54 valence electrons. The van der Waals surface area contributed by atoms with Crippen molar-refractivity contribution < 1.29 is 0 Å². The lowest BCUT2D eigenvalue weighted by atomic mass is 10.3. The minimum absolute atomic E-state index is 0.297. The summed E-state index contributed by atoms with van der Waals surface area (Å²) < 4.78 is 0. The molecule has 0 aliphatic rings. The number of nitrogens with two attached hydrogens (primary N) is 1. The molecule has 0 heterocycles. The highest BCUT2D eigenvalue weighted by atomic mass is 32.1. The first-order valence-electron chi connectivity index (χ1n) is 3.05. The number of hydrazine groups is 1. The van der Waals surface area contributed by atoms with E-state index in [9.17, 15) is 0 Å². The Morgan fingerprint density at radius 3 is 2.78 bits per heavy atom. The van der Waals surface area contributed by atoms with Crippen LogP contribution in [-0.4, -0.2) is 11.7 Å². The van der Waals surface area contributed by atoms with Crippen LogP contribution in [0.2, 0.25) is 0 Å². The van der Waals surface area contributed by atoms with Gasteiger partial charge in [-0.25, -0.2) is 5.43 Å². The van der Waals surface area contributed by atoms with Gasteiger partial charge in [-0.1, -0.05) is 13.3 Å². The van der Waals surface area contributed by atoms with Crippen LogP contribution in [0.3, 0.4) is 0 Å². The van der Waals surface area contributed by atoms with E-state index in [1.54, 1.807) is 0 Å². The number of nitrogens with one attached hydrogen (secondary N) is 2. The van der Waals surface area contributed by atoms with Crippen LogP contribution in [0.25, 0.3) is 0 Å². The molecule has 0 fully saturated rings. The second-order valence-electron chi connectivity index (χ2n) is 1.77. The number of rotatable bonds is 4. The topological polar surface area (TPSA) is 50.1 Å². The SMILES string of the molecule is CCCCNNC(N)=S. The van der Waals surface area contributed by atoms with E-state index >= 15 is 0 Å². The summed E-state index contributed by atoms with van der Waals surface area (Å²) in [6.07, 6.45) is 2.31. The van der Waals surface area contributed by atoms with E-state index in [0.717, 1.165) is 13.0 Å². The van der Waals surface area contributed by atoms with Crippen molar-refractivity contribution in [3.63, 3.8) is 0 Å². The summed E-state index contributed by atoms with van der Waals surface area (Å²) in [6.45, 7) is 3.04. The first kappa shape index (κ1) is 8.65. The van der Waals surface area contributed by atoms with Gasteiger partial charge in [0.1, 0.15) is 0 Å². The van der Waals surface area contributed by atoms with Crippen LogP contribution in [0.15, 0.2) is 0 Å². The maximum atomic E-state index is 5.13. The fourth-order valence-corrected chi connectivity index (χ4v) is 0.487. The fraction of sp³-hybridized carbons (Fsp3) is 0.800. The number of unbranched alkanes of at least 4 members (excludes halogenated alkanes) is 1. The zero-order valence-corrected chi connectivity index (χ0v) is 6.42. The first-order valence-corrected chi connectivity index (χ1v) is 3.46. The summed E-state index contributed by atoms with van der Waals surface area (Å²) >= 11 is 4.55. The predicted molar refractivity (Wildman–Crippen MR) is 42.8 cm³/mol. The fourth-order valence-electron chi connectivity index (χ4n) is 0.415. The molecule has 0 bridgehead atoms. The van der Waals surface area contributed by atoms with Crippen molar-refractivity contribution in [2.75, 3.05) is 6.54 Å². The van der Waals surface area contributed by atoms with Crippen molar-refractivity contribution in [3.8, 4) is 0 Å². The van der Waals surface area contributed by atoms with Gasteiger partial charge in [-0.3, -0.25) is 5.43 Å². The Labute approximate surface area is 61.0 Å². The lowest BCUT2D eigenvalue weighted by Crippen LogP contribution is -2.41. The van der Waals surface area contributed by atoms with Crippen LogP contribution in [-0.2, 0) is 0 Å². The molecule has 0 aliphatic carbocycles. The molecule has 0 aromatic heterocycles. The highest BCUT2D eigenvalue weighted by Gasteiger charge is 1.83. The normalized spacial score (nSPS) is 9.00. The molecule has 0 saturated carbocycles. The lowest BCUT2D eigenvalue weighted by molar-refractivity contribution is 0.614. The Bertz CT molecular complexity index is 84.3. The summed E-state index contributed by atoms with van der Waals surface area (Å²) in [5, 5.41) is 0.297. The molecule has 4 heteroatoms. The van der Waals surface area contributed by atoms with E-state index in [0.29, 0.717) is 5.11 Å². The van der Waals surface area contributed by atoms with E-state index in [1.165, 1.54) is 6.42 Å². The van der Waals surface area contributed by atoms with Crippen molar-refractivity contribution in [1.82, 2.24) is 10.9 Å². The van der Waals surface area contributed by atoms with Gasteiger partial charge < -0.3 is 5.73 Å². The largest absolute Gasteiger partial charge is 0.375 e. The van der Waals surface area contributed by atoms with Gasteiger partial charge in [0.25, 0.3) is 0 Å². The van der Waals surface area contributed by atoms with Gasteiger partial charge in [-0.05, 0) is 18.6 Å². The van der Waals surface area contributed by atoms with Gasteiger partial charge in [0.05, 0.1) is 0 Å². The first-order chi connectivity index (χ1) is 4.27. The van der Waals surface area contributed by atoms with Crippen LogP contribution in [0, 0.1) is 0 Å². The number of thiocarbonyl (C=S) groups is 1. The van der Waals surface area contributed by atoms with Gasteiger partial charge in [0, 0.05) is 6.54 Å². The van der Waals surface area contributed by atoms with Crippen LogP contribution < -0.4 is 16.6 Å². The van der Waals surface area contributed by atoms with Gasteiger partial charge in [-0.2, -0.15) is 0 Å². The van der Waals surface area contributed by atoms with Crippen molar-refractivity contribution in [1.29, 1.82) is 0 Å². The van der Waals surface area contributed by atoms with Gasteiger partial charge >= 0.3 is 0 Å². The maximum absolute atomic E-state index is 5.13. The minimum Gasteiger partial charge on any atom is -0.375 e. The molecule has 0 amide bonds. The smallest absolute Gasteiger partial charge is 0.178 e. The molecule has 0 unspecified atom stereocenters. The Kier molecular flexibility index (Phi) is 5.56. The van der Waals surface area contributed by atoms with Crippen molar-refractivity contribution in [2.45, 2.75) is 19.8 Å². The standard InChI is InChI=1S/C5H13N3S/c1-2-3-4-7-8-5(6)9/h7H,2-4H2,1H3,(H3,6,8,9). The Morgan fingerprint density at radius 2 is 2.33 bits per heavy atom. The summed E-state index contributed by atoms with van der Waals surface area (Å²) in [7, 11) is 0. The third-order valence-electron chi connectivity index (χ3n) is 0.867. The lowest BCUT2D eigenvalue weighted by Gasteiger charge is -2.03. The van der Waals surface area contributed by atoms with Crippen molar-refractivity contribution in [3.05, 3.63) is 0 Å². The van der Waals surface area contributed by atoms with Gasteiger partial charge in [0.15, 0.2) is 5.11 Å². The third-order valence-corrected chi connectivity index (χ3v) is 0.969. The van der Waals surface area contributed by atoms with E-state index in [1.807, 2.05) is 0 Å². The molecule has 0 spiro atoms. The predicted octanol–water partition coefficient (Wildman–Crippen LogP) is 0.124. The molecule has 3 nitrogen and oxygen atoms in total. The Balaban J connectivity index is 2.83. The second-order valence-corrected chi connectivity index (χ2v) is 2.21. The van der Waals surface area contributed by atoms with Crippen LogP contribution in [0.4, 0.5) is 0 Å². The molecule has 0 aromatic carbocycles. The zero-order valence-electron chi connectivity index (χ0n) is 5.61. The molecule has 0 aromatic rings. The number of hydrogen-bond acceptors (Lipinski definition) is 2. The van der Waals surface area contributed by atoms with Gasteiger partial charge in [0.2, 0.25) is 0 Å². The molecule has 0 aliphatic heterocycles. The molecule has 0 saturated heterocycles. The monoisotopic (exact) mass is 147 g/mol. The molecule has 0 rings (SSSR count). The average Bonchev–Trinajstić information content (AvgIpc) is 1.80. The Morgan fingerprint density at radius 1 is 1.67 bits per heavy atom. The quantitative estimate of drug-likeness (QED) is 0.300. The van der Waals surface area contributed by atoms with Crippen LogP contribution in [0.5, 0.6) is 0 Å². The van der Waals surface area contributed by atoms with E-state index in [2.05, 4.69) is 30.0 Å². The van der Waals surface area contributed by atoms with Crippen molar-refractivity contribution in [2.24, 2.45) is 5.73 Å². The van der Waals surface area contributed by atoms with Gasteiger partial charge in [-0.15, -0.1) is 0 Å². The third kappa shape index (κ3) is 7.65. The molecule has 0 atom stereocenters. The van der Waals surface area contributed by atoms with Crippen LogP contribution >= 0.6 is 12.2 Å². The highest BCUT2D eigenvalue weighted by Crippen LogP contribution is 1.79. The second kappa shape index (κ2) is 5.78. The molecular weight excluding hydrogens is 134 g/mol. The molecule has 4 N–H and O–H groups in total. The highest BCUT2D eigenvalue weighted by molar-refractivity contribution is 7.80. The zero-order chi connectivity index (χ0) is 7.11. The minimum atomic E-state index is 0.297. The summed E-state index contributed by atoms with van der Waals surface area (Å²) in [5.74, 6) is 0. The Hall–Kier alpha value is -0.350. The molecular formula is C5H13N3S.